The van der Waals surface area contributed by atoms with E-state index in [0.29, 0.717) is 19.0 Å². The van der Waals surface area contributed by atoms with Gasteiger partial charge in [0.05, 0.1) is 18.0 Å². The minimum atomic E-state index is -0.732. The molecule has 4 heterocycles. The zero-order valence-electron chi connectivity index (χ0n) is 14.7. The largest absolute Gasteiger partial charge is 0.459 e. The first-order valence-electron chi connectivity index (χ1n) is 9.00. The number of hydrogen-bond acceptors (Lipinski definition) is 6. The van der Waals surface area contributed by atoms with E-state index in [1.165, 1.54) is 0 Å². The van der Waals surface area contributed by atoms with Gasteiger partial charge in [0.2, 0.25) is 5.91 Å². The number of esters is 1. The van der Waals surface area contributed by atoms with Gasteiger partial charge in [-0.15, -0.1) is 0 Å². The van der Waals surface area contributed by atoms with Gasteiger partial charge in [0.25, 0.3) is 0 Å². The zero-order valence-corrected chi connectivity index (χ0v) is 14.7. The highest BCUT2D eigenvalue weighted by Gasteiger charge is 2.47. The summed E-state index contributed by atoms with van der Waals surface area (Å²) in [6, 6.07) is 0. The monoisotopic (exact) mass is 344 g/mol. The Hall–Kier alpha value is -2.02. The number of nitrogens with one attached hydrogen (secondary N) is 1. The SMILES string of the molecule is CC1(C)OC(=O)C[C@@H]1C(=O)N1CCc2nc([C@@H]3CCNC3)ncc2C1. The standard InChI is InChI=1S/C18H24N4O3/c1-18(2)13(7-15(23)25-18)17(24)22-6-4-14-12(10-22)9-20-16(21-14)11-3-5-19-8-11/h9,11,13,19H,3-8,10H2,1-2H3/t11-,13-/m1/s1. The smallest absolute Gasteiger partial charge is 0.307 e. The lowest BCUT2D eigenvalue weighted by molar-refractivity contribution is -0.149. The molecule has 2 fully saturated rings. The summed E-state index contributed by atoms with van der Waals surface area (Å²) in [6.07, 6.45) is 3.85. The van der Waals surface area contributed by atoms with E-state index in [9.17, 15) is 9.59 Å². The summed E-state index contributed by atoms with van der Waals surface area (Å²) in [5.41, 5.74) is 1.33. The van der Waals surface area contributed by atoms with Crippen molar-refractivity contribution in [3.05, 3.63) is 23.3 Å². The van der Waals surface area contributed by atoms with Crippen molar-refractivity contribution >= 4 is 11.9 Å². The van der Waals surface area contributed by atoms with Crippen LogP contribution in [0.2, 0.25) is 0 Å². The topological polar surface area (TPSA) is 84.4 Å². The van der Waals surface area contributed by atoms with Crippen LogP contribution in [0, 0.1) is 5.92 Å². The van der Waals surface area contributed by atoms with Crippen molar-refractivity contribution in [3.63, 3.8) is 0 Å². The van der Waals surface area contributed by atoms with Gasteiger partial charge in [-0.2, -0.15) is 0 Å². The van der Waals surface area contributed by atoms with Crippen LogP contribution in [0.3, 0.4) is 0 Å². The average molecular weight is 344 g/mol. The predicted octanol–water partition coefficient (Wildman–Crippen LogP) is 0.780. The second-order valence-corrected chi connectivity index (χ2v) is 7.73. The second kappa shape index (κ2) is 6.05. The Morgan fingerprint density at radius 3 is 2.96 bits per heavy atom. The quantitative estimate of drug-likeness (QED) is 0.798. The van der Waals surface area contributed by atoms with Gasteiger partial charge in [-0.05, 0) is 26.8 Å². The van der Waals surface area contributed by atoms with Gasteiger partial charge in [0.1, 0.15) is 11.4 Å². The summed E-state index contributed by atoms with van der Waals surface area (Å²) in [5, 5.41) is 3.34. The first-order chi connectivity index (χ1) is 11.9. The van der Waals surface area contributed by atoms with Crippen molar-refractivity contribution in [3.8, 4) is 0 Å². The van der Waals surface area contributed by atoms with Gasteiger partial charge >= 0.3 is 5.97 Å². The molecule has 7 nitrogen and oxygen atoms in total. The van der Waals surface area contributed by atoms with Crippen LogP contribution in [-0.2, 0) is 27.3 Å². The Balaban J connectivity index is 1.49. The lowest BCUT2D eigenvalue weighted by Gasteiger charge is -2.33. The van der Waals surface area contributed by atoms with Gasteiger partial charge in [-0.25, -0.2) is 9.97 Å². The van der Waals surface area contributed by atoms with E-state index in [1.54, 1.807) is 0 Å². The van der Waals surface area contributed by atoms with Crippen LogP contribution >= 0.6 is 0 Å². The van der Waals surface area contributed by atoms with Gasteiger partial charge < -0.3 is 15.0 Å². The van der Waals surface area contributed by atoms with Crippen LogP contribution in [-0.4, -0.2) is 52.0 Å². The number of amides is 1. The minimum absolute atomic E-state index is 0.00873. The third kappa shape index (κ3) is 3.01. The van der Waals surface area contributed by atoms with Crippen molar-refractivity contribution in [1.82, 2.24) is 20.2 Å². The molecule has 0 aliphatic carbocycles. The third-order valence-electron chi connectivity index (χ3n) is 5.57. The maximum atomic E-state index is 12.9. The maximum absolute atomic E-state index is 12.9. The number of carbonyl (C=O) groups is 2. The highest BCUT2D eigenvalue weighted by Crippen LogP contribution is 2.35. The molecule has 0 unspecified atom stereocenters. The second-order valence-electron chi connectivity index (χ2n) is 7.73. The lowest BCUT2D eigenvalue weighted by atomic mass is 9.89. The van der Waals surface area contributed by atoms with E-state index in [4.69, 9.17) is 9.72 Å². The summed E-state index contributed by atoms with van der Waals surface area (Å²) in [7, 11) is 0. The van der Waals surface area contributed by atoms with E-state index < -0.39 is 11.5 Å². The molecule has 0 radical (unpaired) electrons. The molecular weight excluding hydrogens is 320 g/mol. The number of aromatic nitrogens is 2. The van der Waals surface area contributed by atoms with Crippen LogP contribution in [0.25, 0.3) is 0 Å². The van der Waals surface area contributed by atoms with Crippen molar-refractivity contribution in [2.24, 2.45) is 5.92 Å². The van der Waals surface area contributed by atoms with E-state index in [2.05, 4.69) is 10.3 Å². The van der Waals surface area contributed by atoms with E-state index >= 15 is 0 Å². The Morgan fingerprint density at radius 1 is 1.44 bits per heavy atom. The first kappa shape index (κ1) is 16.4. The molecule has 1 aromatic heterocycles. The van der Waals surface area contributed by atoms with Crippen molar-refractivity contribution < 1.29 is 14.3 Å². The van der Waals surface area contributed by atoms with E-state index in [0.717, 1.165) is 43.0 Å². The fourth-order valence-corrected chi connectivity index (χ4v) is 4.02. The molecule has 0 aromatic carbocycles. The Morgan fingerprint density at radius 2 is 2.28 bits per heavy atom. The Kier molecular flexibility index (Phi) is 3.98. The number of hydrogen-bond donors (Lipinski definition) is 1. The number of nitrogens with zero attached hydrogens (tertiary/aromatic N) is 3. The fourth-order valence-electron chi connectivity index (χ4n) is 4.02. The lowest BCUT2D eigenvalue weighted by Crippen LogP contribution is -2.45. The molecule has 2 saturated heterocycles. The molecule has 2 atom stereocenters. The number of fused-ring (bicyclic) bond motifs is 1. The predicted molar refractivity (Wildman–Crippen MR) is 89.7 cm³/mol. The van der Waals surface area contributed by atoms with Crippen molar-refractivity contribution in [2.75, 3.05) is 19.6 Å². The molecule has 3 aliphatic heterocycles. The highest BCUT2D eigenvalue weighted by atomic mass is 16.6. The Labute approximate surface area is 147 Å². The van der Waals surface area contributed by atoms with Crippen LogP contribution in [0.1, 0.15) is 49.7 Å². The number of rotatable bonds is 2. The molecule has 1 N–H and O–H groups in total. The van der Waals surface area contributed by atoms with Crippen molar-refractivity contribution in [2.45, 2.75) is 51.2 Å². The number of cyclic esters (lactones) is 1. The summed E-state index contributed by atoms with van der Waals surface area (Å²) in [5.74, 6) is 0.600. The van der Waals surface area contributed by atoms with Crippen molar-refractivity contribution in [1.29, 1.82) is 0 Å². The van der Waals surface area contributed by atoms with Crippen LogP contribution < -0.4 is 5.32 Å². The molecule has 3 aliphatic rings. The molecule has 4 rings (SSSR count). The van der Waals surface area contributed by atoms with Crippen LogP contribution in [0.5, 0.6) is 0 Å². The Bertz CT molecular complexity index is 712. The van der Waals surface area contributed by atoms with Gasteiger partial charge in [-0.3, -0.25) is 9.59 Å². The summed E-state index contributed by atoms with van der Waals surface area (Å²) in [4.78, 5) is 35.6. The molecule has 1 aromatic rings. The molecule has 1 amide bonds. The first-order valence-corrected chi connectivity index (χ1v) is 9.00. The molecule has 0 bridgehead atoms. The average Bonchev–Trinajstić information content (AvgIpc) is 3.20. The molecule has 7 heteroatoms. The van der Waals surface area contributed by atoms with Gasteiger partial charge in [0.15, 0.2) is 0 Å². The number of ether oxygens (including phenoxy) is 1. The van der Waals surface area contributed by atoms with Gasteiger partial charge in [0, 0.05) is 43.7 Å². The molecule has 0 saturated carbocycles. The third-order valence-corrected chi connectivity index (χ3v) is 5.57. The van der Waals surface area contributed by atoms with Crippen LogP contribution in [0.4, 0.5) is 0 Å². The molecule has 25 heavy (non-hydrogen) atoms. The summed E-state index contributed by atoms with van der Waals surface area (Å²) < 4.78 is 5.30. The fraction of sp³-hybridized carbons (Fsp3) is 0.667. The van der Waals surface area contributed by atoms with E-state index in [1.807, 2.05) is 24.9 Å². The molecular formula is C18H24N4O3. The number of carbonyl (C=O) groups excluding carboxylic acids is 2. The minimum Gasteiger partial charge on any atom is -0.459 e. The summed E-state index contributed by atoms with van der Waals surface area (Å²) in [6.45, 7) is 6.72. The molecule has 134 valence electrons. The zero-order chi connectivity index (χ0) is 17.6. The molecule has 0 spiro atoms. The highest BCUT2D eigenvalue weighted by molar-refractivity contribution is 5.87. The van der Waals surface area contributed by atoms with Crippen LogP contribution in [0.15, 0.2) is 6.20 Å². The van der Waals surface area contributed by atoms with Gasteiger partial charge in [-0.1, -0.05) is 0 Å². The normalized spacial score (nSPS) is 27.9. The summed E-state index contributed by atoms with van der Waals surface area (Å²) >= 11 is 0. The van der Waals surface area contributed by atoms with E-state index in [-0.39, 0.29) is 18.3 Å². The maximum Gasteiger partial charge on any atom is 0.307 e.